The van der Waals surface area contributed by atoms with E-state index in [9.17, 15) is 19.2 Å². The quantitative estimate of drug-likeness (QED) is 0.640. The molecule has 2 aromatic rings. The van der Waals surface area contributed by atoms with E-state index < -0.39 is 36.2 Å². The Kier molecular flexibility index (Phi) is 7.14. The number of halogens is 2. The van der Waals surface area contributed by atoms with Gasteiger partial charge in [0.1, 0.15) is 0 Å². The lowest BCUT2D eigenvalue weighted by Crippen LogP contribution is -2.43. The topological polar surface area (TPSA) is 105 Å². The van der Waals surface area contributed by atoms with Gasteiger partial charge in [0.15, 0.2) is 6.61 Å². The van der Waals surface area contributed by atoms with E-state index in [4.69, 9.17) is 27.9 Å². The zero-order chi connectivity index (χ0) is 22.5. The standard InChI is InChI=1S/C21H19Cl2N3O5/c1-12-4-2-3-5-15(12)20(29)25-26-10-13(8-19(26)28)21(30)31-11-18(27)24-14-6-7-16(22)17(23)9-14/h2-7,9,13H,8,10-11H2,1H3,(H,24,27)(H,25,29)/t13-/m1/s1. The average Bonchev–Trinajstić information content (AvgIpc) is 3.09. The number of hydrazine groups is 1. The number of ether oxygens (including phenoxy) is 1. The second-order valence-electron chi connectivity index (χ2n) is 6.95. The van der Waals surface area contributed by atoms with Gasteiger partial charge in [0.25, 0.3) is 11.8 Å². The van der Waals surface area contributed by atoms with Crippen molar-refractivity contribution >= 4 is 52.6 Å². The third kappa shape index (κ3) is 5.74. The summed E-state index contributed by atoms with van der Waals surface area (Å²) in [5.41, 5.74) is 4.10. The molecule has 1 aliphatic rings. The van der Waals surface area contributed by atoms with Gasteiger partial charge >= 0.3 is 5.97 Å². The minimum absolute atomic E-state index is 0.0380. The van der Waals surface area contributed by atoms with Crippen LogP contribution >= 0.6 is 23.2 Å². The number of amides is 3. The van der Waals surface area contributed by atoms with Crippen LogP contribution in [0.25, 0.3) is 0 Å². The van der Waals surface area contributed by atoms with Crippen LogP contribution in [0, 0.1) is 12.8 Å². The highest BCUT2D eigenvalue weighted by atomic mass is 35.5. The van der Waals surface area contributed by atoms with Crippen LogP contribution in [0.1, 0.15) is 22.3 Å². The number of aryl methyl sites for hydroxylation is 1. The minimum Gasteiger partial charge on any atom is -0.455 e. The van der Waals surface area contributed by atoms with E-state index >= 15 is 0 Å². The molecule has 1 atom stereocenters. The zero-order valence-electron chi connectivity index (χ0n) is 16.5. The largest absolute Gasteiger partial charge is 0.455 e. The van der Waals surface area contributed by atoms with Crippen molar-refractivity contribution in [3.8, 4) is 0 Å². The Balaban J connectivity index is 1.49. The predicted molar refractivity (Wildman–Crippen MR) is 115 cm³/mol. The summed E-state index contributed by atoms with van der Waals surface area (Å²) in [5.74, 6) is -2.92. The molecule has 2 N–H and O–H groups in total. The second-order valence-corrected chi connectivity index (χ2v) is 7.76. The fourth-order valence-corrected chi connectivity index (χ4v) is 3.31. The molecule has 0 radical (unpaired) electrons. The van der Waals surface area contributed by atoms with Crippen LogP contribution < -0.4 is 10.7 Å². The number of benzene rings is 2. The third-order valence-corrected chi connectivity index (χ3v) is 5.37. The molecule has 1 heterocycles. The summed E-state index contributed by atoms with van der Waals surface area (Å²) in [4.78, 5) is 48.8. The Labute approximate surface area is 188 Å². The van der Waals surface area contributed by atoms with Gasteiger partial charge in [-0.05, 0) is 36.8 Å². The molecule has 0 bridgehead atoms. The summed E-state index contributed by atoms with van der Waals surface area (Å²) in [6.45, 7) is 1.22. The predicted octanol–water partition coefficient (Wildman–Crippen LogP) is 2.98. The molecule has 2 aromatic carbocycles. The van der Waals surface area contributed by atoms with Crippen LogP contribution in [-0.2, 0) is 19.1 Å². The van der Waals surface area contributed by atoms with E-state index in [1.807, 2.05) is 0 Å². The highest BCUT2D eigenvalue weighted by Gasteiger charge is 2.36. The molecule has 1 saturated heterocycles. The first-order chi connectivity index (χ1) is 14.7. The van der Waals surface area contributed by atoms with E-state index in [2.05, 4.69) is 10.7 Å². The van der Waals surface area contributed by atoms with E-state index in [1.54, 1.807) is 37.3 Å². The van der Waals surface area contributed by atoms with Crippen LogP contribution in [0.5, 0.6) is 0 Å². The maximum Gasteiger partial charge on any atom is 0.311 e. The first kappa shape index (κ1) is 22.6. The second kappa shape index (κ2) is 9.80. The smallest absolute Gasteiger partial charge is 0.311 e. The van der Waals surface area contributed by atoms with Gasteiger partial charge < -0.3 is 10.1 Å². The highest BCUT2D eigenvalue weighted by Crippen LogP contribution is 2.25. The van der Waals surface area contributed by atoms with Crippen molar-refractivity contribution in [3.63, 3.8) is 0 Å². The molecule has 162 valence electrons. The molecular formula is C21H19Cl2N3O5. The lowest BCUT2D eigenvalue weighted by atomic mass is 10.1. The van der Waals surface area contributed by atoms with Crippen molar-refractivity contribution in [2.45, 2.75) is 13.3 Å². The number of nitrogens with zero attached hydrogens (tertiary/aromatic N) is 1. The van der Waals surface area contributed by atoms with E-state index in [0.717, 1.165) is 10.6 Å². The van der Waals surface area contributed by atoms with Gasteiger partial charge in [-0.3, -0.25) is 29.6 Å². The molecular weight excluding hydrogens is 445 g/mol. The molecule has 3 rings (SSSR count). The summed E-state index contributed by atoms with van der Waals surface area (Å²) in [5, 5.41) is 4.24. The van der Waals surface area contributed by atoms with Gasteiger partial charge in [-0.25, -0.2) is 0 Å². The Morgan fingerprint density at radius 3 is 2.58 bits per heavy atom. The minimum atomic E-state index is -0.789. The molecule has 0 saturated carbocycles. The summed E-state index contributed by atoms with van der Waals surface area (Å²) >= 11 is 11.7. The van der Waals surface area contributed by atoms with Gasteiger partial charge in [-0.1, -0.05) is 41.4 Å². The number of esters is 1. The lowest BCUT2D eigenvalue weighted by Gasteiger charge is -2.18. The maximum atomic E-state index is 12.4. The third-order valence-electron chi connectivity index (χ3n) is 4.63. The highest BCUT2D eigenvalue weighted by molar-refractivity contribution is 6.42. The van der Waals surface area contributed by atoms with Crippen molar-refractivity contribution < 1.29 is 23.9 Å². The fraction of sp³-hybridized carbons (Fsp3) is 0.238. The van der Waals surface area contributed by atoms with Crippen molar-refractivity contribution in [2.24, 2.45) is 5.92 Å². The molecule has 0 aromatic heterocycles. The number of nitrogens with one attached hydrogen (secondary N) is 2. The van der Waals surface area contributed by atoms with Crippen LogP contribution in [0.4, 0.5) is 5.69 Å². The Morgan fingerprint density at radius 1 is 1.13 bits per heavy atom. The number of carbonyl (C=O) groups is 4. The molecule has 0 spiro atoms. The van der Waals surface area contributed by atoms with Crippen molar-refractivity contribution in [2.75, 3.05) is 18.5 Å². The number of hydrogen-bond donors (Lipinski definition) is 2. The van der Waals surface area contributed by atoms with Crippen molar-refractivity contribution in [1.29, 1.82) is 0 Å². The van der Waals surface area contributed by atoms with E-state index in [1.165, 1.54) is 12.1 Å². The zero-order valence-corrected chi connectivity index (χ0v) is 18.0. The molecule has 10 heteroatoms. The summed E-state index contributed by atoms with van der Waals surface area (Å²) < 4.78 is 5.02. The monoisotopic (exact) mass is 463 g/mol. The molecule has 1 fully saturated rings. The Hall–Kier alpha value is -3.10. The first-order valence-electron chi connectivity index (χ1n) is 9.33. The van der Waals surface area contributed by atoms with Crippen molar-refractivity contribution in [3.05, 3.63) is 63.6 Å². The molecule has 8 nitrogen and oxygen atoms in total. The number of anilines is 1. The van der Waals surface area contributed by atoms with Gasteiger partial charge in [0.05, 0.1) is 22.5 Å². The van der Waals surface area contributed by atoms with E-state index in [0.29, 0.717) is 16.3 Å². The van der Waals surface area contributed by atoms with Gasteiger partial charge in [-0.15, -0.1) is 0 Å². The molecule has 0 aliphatic carbocycles. The van der Waals surface area contributed by atoms with Crippen LogP contribution in [0.3, 0.4) is 0 Å². The molecule has 31 heavy (non-hydrogen) atoms. The lowest BCUT2D eigenvalue weighted by molar-refractivity contribution is -0.151. The average molecular weight is 464 g/mol. The van der Waals surface area contributed by atoms with E-state index in [-0.39, 0.29) is 18.0 Å². The normalized spacial score (nSPS) is 15.5. The molecule has 0 unspecified atom stereocenters. The SMILES string of the molecule is Cc1ccccc1C(=O)NN1C[C@H](C(=O)OCC(=O)Nc2ccc(Cl)c(Cl)c2)CC1=O. The number of carbonyl (C=O) groups excluding carboxylic acids is 4. The Morgan fingerprint density at radius 2 is 1.87 bits per heavy atom. The van der Waals surface area contributed by atoms with Crippen molar-refractivity contribution in [1.82, 2.24) is 10.4 Å². The van der Waals surface area contributed by atoms with Gasteiger partial charge in [-0.2, -0.15) is 0 Å². The fourth-order valence-electron chi connectivity index (χ4n) is 3.01. The Bertz CT molecular complexity index is 1040. The summed E-state index contributed by atoms with van der Waals surface area (Å²) in [6.07, 6.45) is -0.124. The van der Waals surface area contributed by atoms with Crippen LogP contribution in [0.15, 0.2) is 42.5 Å². The van der Waals surface area contributed by atoms with Gasteiger partial charge in [0.2, 0.25) is 5.91 Å². The number of hydrogen-bond acceptors (Lipinski definition) is 5. The first-order valence-corrected chi connectivity index (χ1v) is 10.1. The number of rotatable bonds is 6. The van der Waals surface area contributed by atoms with Crippen LogP contribution in [-0.4, -0.2) is 41.9 Å². The summed E-state index contributed by atoms with van der Waals surface area (Å²) in [6, 6.07) is 11.5. The molecule has 3 amide bonds. The molecule has 1 aliphatic heterocycles. The summed E-state index contributed by atoms with van der Waals surface area (Å²) in [7, 11) is 0. The van der Waals surface area contributed by atoms with Crippen LogP contribution in [0.2, 0.25) is 10.0 Å². The van der Waals surface area contributed by atoms with Gasteiger partial charge in [0, 0.05) is 17.7 Å². The maximum absolute atomic E-state index is 12.4.